The van der Waals surface area contributed by atoms with Gasteiger partial charge in [-0.3, -0.25) is 9.59 Å². The number of benzene rings is 1. The molecular weight excluding hydrogens is 296 g/mol. The molecule has 0 saturated carbocycles. The number of rotatable bonds is 6. The van der Waals surface area contributed by atoms with Crippen molar-refractivity contribution < 1.29 is 19.1 Å². The lowest BCUT2D eigenvalue weighted by molar-refractivity contribution is -0.143. The predicted molar refractivity (Wildman–Crippen MR) is 78.4 cm³/mol. The van der Waals surface area contributed by atoms with Gasteiger partial charge in [-0.15, -0.1) is 0 Å². The zero-order valence-electron chi connectivity index (χ0n) is 11.4. The van der Waals surface area contributed by atoms with E-state index in [4.69, 9.17) is 17.3 Å². The Kier molecular flexibility index (Phi) is 6.42. The summed E-state index contributed by atoms with van der Waals surface area (Å²) >= 11 is 5.95. The van der Waals surface area contributed by atoms with Gasteiger partial charge in [0.05, 0.1) is 6.54 Å². The number of carbonyl (C=O) groups is 3. The van der Waals surface area contributed by atoms with Crippen molar-refractivity contribution in [3.8, 4) is 0 Å². The molecule has 112 valence electrons. The third-order valence-electron chi connectivity index (χ3n) is 2.41. The lowest BCUT2D eigenvalue weighted by Crippen LogP contribution is -2.35. The third kappa shape index (κ3) is 6.58. The molecule has 0 unspecified atom stereocenters. The minimum Gasteiger partial charge on any atom is -0.452 e. The van der Waals surface area contributed by atoms with Gasteiger partial charge in [-0.05, 0) is 30.2 Å². The molecule has 21 heavy (non-hydrogen) atoms. The lowest BCUT2D eigenvalue weighted by Gasteiger charge is -2.03. The van der Waals surface area contributed by atoms with Crippen LogP contribution in [0.2, 0.25) is 5.02 Å². The van der Waals surface area contributed by atoms with Gasteiger partial charge in [0.15, 0.2) is 6.61 Å². The molecule has 1 aromatic rings. The molecule has 0 fully saturated rings. The lowest BCUT2D eigenvalue weighted by atomic mass is 10.1. The van der Waals surface area contributed by atoms with Crippen LogP contribution in [0.1, 0.15) is 11.1 Å². The Bertz CT molecular complexity index is 584. The van der Waals surface area contributed by atoms with Crippen LogP contribution in [0.15, 0.2) is 24.3 Å². The van der Waals surface area contributed by atoms with E-state index in [9.17, 15) is 14.4 Å². The summed E-state index contributed by atoms with van der Waals surface area (Å²) in [6, 6.07) is 5.33. The van der Waals surface area contributed by atoms with Crippen molar-refractivity contribution in [3.05, 3.63) is 40.4 Å². The molecule has 0 bridgehead atoms. The van der Waals surface area contributed by atoms with Crippen LogP contribution in [-0.2, 0) is 19.1 Å². The molecule has 7 heteroatoms. The number of primary amides is 1. The number of carbonyl (C=O) groups excluding carboxylic acids is 3. The summed E-state index contributed by atoms with van der Waals surface area (Å²) in [7, 11) is 0. The predicted octanol–water partition coefficient (Wildman–Crippen LogP) is 0.806. The molecule has 6 nitrogen and oxygen atoms in total. The van der Waals surface area contributed by atoms with Crippen LogP contribution >= 0.6 is 11.6 Å². The van der Waals surface area contributed by atoms with Crippen LogP contribution < -0.4 is 11.1 Å². The minimum absolute atomic E-state index is 0.298. The number of amides is 2. The summed E-state index contributed by atoms with van der Waals surface area (Å²) in [6.07, 6.45) is 2.71. The first-order chi connectivity index (χ1) is 9.88. The van der Waals surface area contributed by atoms with Gasteiger partial charge in [0.25, 0.3) is 5.91 Å². The van der Waals surface area contributed by atoms with Gasteiger partial charge < -0.3 is 15.8 Å². The zero-order chi connectivity index (χ0) is 15.8. The Balaban J connectivity index is 2.42. The Morgan fingerprint density at radius 1 is 1.38 bits per heavy atom. The molecule has 0 heterocycles. The third-order valence-corrected chi connectivity index (χ3v) is 2.82. The first-order valence-corrected chi connectivity index (χ1v) is 6.42. The fourth-order valence-corrected chi connectivity index (χ4v) is 1.49. The average molecular weight is 311 g/mol. The molecule has 0 saturated heterocycles. The first kappa shape index (κ1) is 16.7. The maximum atomic E-state index is 11.4. The van der Waals surface area contributed by atoms with E-state index < -0.39 is 24.4 Å². The second-order valence-corrected chi connectivity index (χ2v) is 4.60. The summed E-state index contributed by atoms with van der Waals surface area (Å²) in [4.78, 5) is 33.0. The highest BCUT2D eigenvalue weighted by molar-refractivity contribution is 6.31. The SMILES string of the molecule is Cc1ccc(/C=C/C(=O)OCC(=O)NCC(N)=O)cc1Cl. The smallest absolute Gasteiger partial charge is 0.331 e. The molecule has 3 N–H and O–H groups in total. The van der Waals surface area contributed by atoms with Crippen LogP contribution in [0.5, 0.6) is 0 Å². The number of hydrogen-bond donors (Lipinski definition) is 2. The fourth-order valence-electron chi connectivity index (χ4n) is 1.30. The molecule has 2 amide bonds. The summed E-state index contributed by atoms with van der Waals surface area (Å²) in [5.41, 5.74) is 6.52. The first-order valence-electron chi connectivity index (χ1n) is 6.04. The van der Waals surface area contributed by atoms with E-state index >= 15 is 0 Å². The van der Waals surface area contributed by atoms with E-state index in [1.165, 1.54) is 12.2 Å². The van der Waals surface area contributed by atoms with E-state index in [-0.39, 0.29) is 6.54 Å². The normalized spacial score (nSPS) is 10.4. The van der Waals surface area contributed by atoms with E-state index in [0.717, 1.165) is 11.1 Å². The Morgan fingerprint density at radius 2 is 2.10 bits per heavy atom. The number of esters is 1. The highest BCUT2D eigenvalue weighted by atomic mass is 35.5. The fraction of sp³-hybridized carbons (Fsp3) is 0.214. The van der Waals surface area contributed by atoms with Gasteiger partial charge in [-0.1, -0.05) is 23.7 Å². The highest BCUT2D eigenvalue weighted by Crippen LogP contribution is 2.17. The number of nitrogens with two attached hydrogens (primary N) is 1. The number of halogens is 1. The summed E-state index contributed by atoms with van der Waals surface area (Å²) in [5.74, 6) is -1.96. The quantitative estimate of drug-likeness (QED) is 0.600. The minimum atomic E-state index is -0.680. The van der Waals surface area contributed by atoms with E-state index in [0.29, 0.717) is 5.02 Å². The Labute approximate surface area is 126 Å². The zero-order valence-corrected chi connectivity index (χ0v) is 12.1. The topological polar surface area (TPSA) is 98.5 Å². The van der Waals surface area contributed by atoms with Crippen molar-refractivity contribution in [3.63, 3.8) is 0 Å². The second kappa shape index (κ2) is 8.06. The molecule has 0 atom stereocenters. The molecule has 1 aromatic carbocycles. The van der Waals surface area contributed by atoms with Crippen LogP contribution in [0.3, 0.4) is 0 Å². The van der Waals surface area contributed by atoms with Gasteiger partial charge in [0, 0.05) is 11.1 Å². The van der Waals surface area contributed by atoms with Crippen molar-refractivity contribution in [1.29, 1.82) is 0 Å². The second-order valence-electron chi connectivity index (χ2n) is 4.19. The Morgan fingerprint density at radius 3 is 2.71 bits per heavy atom. The number of hydrogen-bond acceptors (Lipinski definition) is 4. The molecule has 0 aliphatic rings. The van der Waals surface area contributed by atoms with Crippen molar-refractivity contribution in [2.75, 3.05) is 13.2 Å². The van der Waals surface area contributed by atoms with Gasteiger partial charge >= 0.3 is 5.97 Å². The van der Waals surface area contributed by atoms with Gasteiger partial charge in [-0.25, -0.2) is 4.79 Å². The number of nitrogens with one attached hydrogen (secondary N) is 1. The van der Waals surface area contributed by atoms with Crippen LogP contribution in [0, 0.1) is 6.92 Å². The van der Waals surface area contributed by atoms with Crippen LogP contribution in [-0.4, -0.2) is 30.9 Å². The molecule has 0 aliphatic heterocycles. The Hall–Kier alpha value is -2.34. The standard InChI is InChI=1S/C14H15ClN2O4/c1-9-2-3-10(6-11(9)15)4-5-14(20)21-8-13(19)17-7-12(16)18/h2-6H,7-8H2,1H3,(H2,16,18)(H,17,19)/b5-4+. The van der Waals surface area contributed by atoms with Crippen LogP contribution in [0.4, 0.5) is 0 Å². The van der Waals surface area contributed by atoms with E-state index in [1.54, 1.807) is 12.1 Å². The maximum Gasteiger partial charge on any atom is 0.331 e. The molecule has 0 spiro atoms. The van der Waals surface area contributed by atoms with Crippen molar-refractivity contribution >= 4 is 35.5 Å². The van der Waals surface area contributed by atoms with E-state index in [1.807, 2.05) is 13.0 Å². The molecule has 0 aromatic heterocycles. The molecule has 0 aliphatic carbocycles. The number of aryl methyl sites for hydroxylation is 1. The summed E-state index contributed by atoms with van der Waals surface area (Å²) in [5, 5.41) is 2.79. The van der Waals surface area contributed by atoms with Gasteiger partial charge in [0.1, 0.15) is 0 Å². The highest BCUT2D eigenvalue weighted by Gasteiger charge is 2.05. The van der Waals surface area contributed by atoms with Crippen molar-refractivity contribution in [2.24, 2.45) is 5.73 Å². The van der Waals surface area contributed by atoms with Crippen molar-refractivity contribution in [2.45, 2.75) is 6.92 Å². The molecule has 0 radical (unpaired) electrons. The van der Waals surface area contributed by atoms with Crippen LogP contribution in [0.25, 0.3) is 6.08 Å². The van der Waals surface area contributed by atoms with Gasteiger partial charge in [-0.2, -0.15) is 0 Å². The average Bonchev–Trinajstić information content (AvgIpc) is 2.44. The van der Waals surface area contributed by atoms with Crippen molar-refractivity contribution in [1.82, 2.24) is 5.32 Å². The van der Waals surface area contributed by atoms with E-state index in [2.05, 4.69) is 10.1 Å². The number of ether oxygens (including phenoxy) is 1. The monoisotopic (exact) mass is 310 g/mol. The maximum absolute atomic E-state index is 11.4. The summed E-state index contributed by atoms with van der Waals surface area (Å²) < 4.78 is 4.69. The summed E-state index contributed by atoms with van der Waals surface area (Å²) in [6.45, 7) is 1.09. The largest absolute Gasteiger partial charge is 0.452 e. The molecular formula is C14H15ClN2O4. The van der Waals surface area contributed by atoms with Gasteiger partial charge in [0.2, 0.25) is 5.91 Å². The molecule has 1 rings (SSSR count).